The van der Waals surface area contributed by atoms with Gasteiger partial charge in [0.25, 0.3) is 0 Å². The van der Waals surface area contributed by atoms with Crippen LogP contribution in [0.5, 0.6) is 5.75 Å². The van der Waals surface area contributed by atoms with E-state index in [9.17, 15) is 0 Å². The number of ether oxygens (including phenoxy) is 1. The van der Waals surface area contributed by atoms with Crippen molar-refractivity contribution in [2.75, 3.05) is 13.7 Å². The summed E-state index contributed by atoms with van der Waals surface area (Å²) in [7, 11) is 1.63. The number of hydrogen-bond donors (Lipinski definition) is 2. The maximum absolute atomic E-state index is 9.09. The Bertz CT molecular complexity index is 497. The minimum atomic E-state index is -0.368. The van der Waals surface area contributed by atoms with E-state index in [1.807, 2.05) is 35.1 Å². The fourth-order valence-electron chi connectivity index (χ4n) is 1.83. The molecule has 0 spiro atoms. The van der Waals surface area contributed by atoms with Gasteiger partial charge in [-0.1, -0.05) is 6.07 Å². The molecule has 96 valence electrons. The minimum absolute atomic E-state index is 0.0759. The van der Waals surface area contributed by atoms with Gasteiger partial charge in [0.2, 0.25) is 0 Å². The zero-order chi connectivity index (χ0) is 13.0. The Morgan fingerprint density at radius 2 is 2.33 bits per heavy atom. The molecular weight excluding hydrogens is 230 g/mol. The second kappa shape index (κ2) is 5.66. The number of nitrogens with two attached hydrogens (primary N) is 1. The van der Waals surface area contributed by atoms with Crippen LogP contribution in [0, 0.1) is 0 Å². The van der Waals surface area contributed by atoms with Gasteiger partial charge in [0.15, 0.2) is 0 Å². The van der Waals surface area contributed by atoms with Crippen LogP contribution in [0.15, 0.2) is 36.7 Å². The van der Waals surface area contributed by atoms with E-state index in [0.29, 0.717) is 6.54 Å². The number of aromatic nitrogens is 2. The molecule has 0 fully saturated rings. The van der Waals surface area contributed by atoms with E-state index < -0.39 is 0 Å². The number of nitrogens with zero attached hydrogens (tertiary/aromatic N) is 2. The average molecular weight is 247 g/mol. The van der Waals surface area contributed by atoms with Crippen molar-refractivity contribution in [2.45, 2.75) is 12.6 Å². The Hall–Kier alpha value is -1.85. The van der Waals surface area contributed by atoms with Crippen molar-refractivity contribution in [3.05, 3.63) is 47.8 Å². The van der Waals surface area contributed by atoms with Gasteiger partial charge in [-0.3, -0.25) is 4.68 Å². The number of rotatable bonds is 5. The zero-order valence-corrected chi connectivity index (χ0v) is 10.3. The fourth-order valence-corrected chi connectivity index (χ4v) is 1.83. The summed E-state index contributed by atoms with van der Waals surface area (Å²) < 4.78 is 7.13. The van der Waals surface area contributed by atoms with Crippen molar-refractivity contribution in [2.24, 2.45) is 5.73 Å². The molecular formula is C13H17N3O2. The smallest absolute Gasteiger partial charge is 0.123 e. The van der Waals surface area contributed by atoms with Gasteiger partial charge >= 0.3 is 0 Å². The topological polar surface area (TPSA) is 73.3 Å². The quantitative estimate of drug-likeness (QED) is 0.824. The van der Waals surface area contributed by atoms with E-state index in [-0.39, 0.29) is 12.6 Å². The Morgan fingerprint density at radius 1 is 1.50 bits per heavy atom. The van der Waals surface area contributed by atoms with Gasteiger partial charge in [0.1, 0.15) is 5.75 Å². The summed E-state index contributed by atoms with van der Waals surface area (Å²) in [4.78, 5) is 0. The van der Waals surface area contributed by atoms with Crippen LogP contribution in [0.2, 0.25) is 0 Å². The van der Waals surface area contributed by atoms with Crippen LogP contribution in [0.4, 0.5) is 0 Å². The molecule has 1 aromatic carbocycles. The number of aliphatic hydroxyl groups excluding tert-OH is 1. The van der Waals surface area contributed by atoms with Gasteiger partial charge in [0.05, 0.1) is 26.3 Å². The highest BCUT2D eigenvalue weighted by atomic mass is 16.5. The van der Waals surface area contributed by atoms with Gasteiger partial charge in [0, 0.05) is 18.0 Å². The highest BCUT2D eigenvalue weighted by Gasteiger charge is 2.10. The van der Waals surface area contributed by atoms with Gasteiger partial charge < -0.3 is 15.6 Å². The van der Waals surface area contributed by atoms with Crippen molar-refractivity contribution in [1.29, 1.82) is 0 Å². The molecule has 1 heterocycles. The van der Waals surface area contributed by atoms with Gasteiger partial charge in [-0.15, -0.1) is 0 Å². The Kier molecular flexibility index (Phi) is 3.96. The van der Waals surface area contributed by atoms with Gasteiger partial charge in [-0.05, 0) is 23.8 Å². The highest BCUT2D eigenvalue weighted by Crippen LogP contribution is 2.23. The predicted molar refractivity (Wildman–Crippen MR) is 68.3 cm³/mol. The molecule has 2 rings (SSSR count). The summed E-state index contributed by atoms with van der Waals surface area (Å²) in [6.45, 7) is 0.537. The van der Waals surface area contributed by atoms with Crippen LogP contribution in [-0.2, 0) is 6.54 Å². The first kappa shape index (κ1) is 12.6. The number of benzene rings is 1. The molecule has 1 atom stereocenters. The lowest BCUT2D eigenvalue weighted by Crippen LogP contribution is -2.15. The van der Waals surface area contributed by atoms with Gasteiger partial charge in [-0.2, -0.15) is 5.10 Å². The highest BCUT2D eigenvalue weighted by molar-refractivity contribution is 5.38. The van der Waals surface area contributed by atoms with E-state index in [2.05, 4.69) is 5.10 Å². The summed E-state index contributed by atoms with van der Waals surface area (Å²) in [6, 6.07) is 7.18. The normalized spacial score (nSPS) is 12.4. The summed E-state index contributed by atoms with van der Waals surface area (Å²) in [5.41, 5.74) is 7.69. The molecule has 1 aromatic heterocycles. The molecule has 5 nitrogen and oxygen atoms in total. The summed E-state index contributed by atoms with van der Waals surface area (Å²) in [5, 5.41) is 13.3. The van der Waals surface area contributed by atoms with Crippen molar-refractivity contribution >= 4 is 0 Å². The third kappa shape index (κ3) is 2.69. The van der Waals surface area contributed by atoms with Crippen LogP contribution in [-0.4, -0.2) is 28.6 Å². The molecule has 3 N–H and O–H groups in total. The van der Waals surface area contributed by atoms with Crippen LogP contribution < -0.4 is 10.5 Å². The maximum atomic E-state index is 9.09. The second-order valence-corrected chi connectivity index (χ2v) is 4.06. The summed E-state index contributed by atoms with van der Waals surface area (Å²) in [5.74, 6) is 0.791. The molecule has 0 aliphatic rings. The lowest BCUT2D eigenvalue weighted by atomic mass is 10.0. The van der Waals surface area contributed by atoms with Crippen LogP contribution in [0.3, 0.4) is 0 Å². The van der Waals surface area contributed by atoms with E-state index in [4.69, 9.17) is 15.6 Å². The van der Waals surface area contributed by atoms with E-state index >= 15 is 0 Å². The van der Waals surface area contributed by atoms with Crippen molar-refractivity contribution < 1.29 is 9.84 Å². The van der Waals surface area contributed by atoms with Crippen molar-refractivity contribution in [3.8, 4) is 5.75 Å². The zero-order valence-electron chi connectivity index (χ0n) is 10.3. The molecule has 2 aromatic rings. The van der Waals surface area contributed by atoms with Crippen LogP contribution in [0.25, 0.3) is 0 Å². The standard InChI is InChI=1S/C13H17N3O2/c1-18-13-4-3-10(12(14)9-17)7-11(13)8-16-6-2-5-15-16/h2-7,12,17H,8-9,14H2,1H3/t12-/m0/s1. The Balaban J connectivity index is 2.30. The molecule has 0 saturated carbocycles. The fraction of sp³-hybridized carbons (Fsp3) is 0.308. The molecule has 0 amide bonds. The third-order valence-electron chi connectivity index (χ3n) is 2.82. The molecule has 0 unspecified atom stereocenters. The monoisotopic (exact) mass is 247 g/mol. The molecule has 0 saturated heterocycles. The maximum Gasteiger partial charge on any atom is 0.123 e. The Labute approximate surface area is 106 Å². The lowest BCUT2D eigenvalue weighted by molar-refractivity contribution is 0.268. The Morgan fingerprint density at radius 3 is 2.94 bits per heavy atom. The van der Waals surface area contributed by atoms with Gasteiger partial charge in [-0.25, -0.2) is 0 Å². The van der Waals surface area contributed by atoms with Crippen molar-refractivity contribution in [1.82, 2.24) is 9.78 Å². The number of aliphatic hydroxyl groups is 1. The molecule has 5 heteroatoms. The van der Waals surface area contributed by atoms with Crippen LogP contribution in [0.1, 0.15) is 17.2 Å². The van der Waals surface area contributed by atoms with Crippen molar-refractivity contribution in [3.63, 3.8) is 0 Å². The third-order valence-corrected chi connectivity index (χ3v) is 2.82. The number of methoxy groups -OCH3 is 1. The second-order valence-electron chi connectivity index (χ2n) is 4.06. The van der Waals surface area contributed by atoms with E-state index in [0.717, 1.165) is 16.9 Å². The molecule has 0 radical (unpaired) electrons. The summed E-state index contributed by atoms with van der Waals surface area (Å²) >= 11 is 0. The summed E-state index contributed by atoms with van der Waals surface area (Å²) in [6.07, 6.45) is 3.62. The average Bonchev–Trinajstić information content (AvgIpc) is 2.90. The largest absolute Gasteiger partial charge is 0.496 e. The first-order valence-electron chi connectivity index (χ1n) is 5.75. The van der Waals surface area contributed by atoms with E-state index in [1.165, 1.54) is 0 Å². The molecule has 0 bridgehead atoms. The first-order chi connectivity index (χ1) is 8.74. The minimum Gasteiger partial charge on any atom is -0.496 e. The molecule has 0 aliphatic heterocycles. The first-order valence-corrected chi connectivity index (χ1v) is 5.75. The molecule has 18 heavy (non-hydrogen) atoms. The predicted octanol–water partition coefficient (Wildman–Crippen LogP) is 0.932. The number of hydrogen-bond acceptors (Lipinski definition) is 4. The lowest BCUT2D eigenvalue weighted by Gasteiger charge is -2.14. The van der Waals surface area contributed by atoms with Crippen LogP contribution >= 0.6 is 0 Å². The molecule has 0 aliphatic carbocycles. The SMILES string of the molecule is COc1ccc([C@@H](N)CO)cc1Cn1cccn1. The van der Waals surface area contributed by atoms with E-state index in [1.54, 1.807) is 13.3 Å².